The molecule has 0 radical (unpaired) electrons. The van der Waals surface area contributed by atoms with Crippen LogP contribution >= 0.6 is 0 Å². The zero-order valence-electron chi connectivity index (χ0n) is 14.7. The third kappa shape index (κ3) is 2.94. The number of nitrogens with one attached hydrogen (secondary N) is 1. The molecule has 0 unspecified atom stereocenters. The van der Waals surface area contributed by atoms with E-state index in [1.807, 2.05) is 0 Å². The molecule has 0 aliphatic carbocycles. The number of benzene rings is 3. The topological polar surface area (TPSA) is 12.0 Å². The van der Waals surface area contributed by atoms with E-state index in [0.717, 1.165) is 5.69 Å². The fourth-order valence-electron chi connectivity index (χ4n) is 3.48. The molecule has 0 spiro atoms. The van der Waals surface area contributed by atoms with Gasteiger partial charge in [0.25, 0.3) is 0 Å². The van der Waals surface area contributed by atoms with Gasteiger partial charge in [-0.3, -0.25) is 0 Å². The average molecular weight is 315 g/mol. The molecule has 1 heteroatoms. The maximum atomic E-state index is 3.87. The lowest BCUT2D eigenvalue weighted by molar-refractivity contribution is 0.259. The van der Waals surface area contributed by atoms with Gasteiger partial charge in [-0.2, -0.15) is 0 Å². The Balaban J connectivity index is 2.25. The van der Waals surface area contributed by atoms with E-state index in [1.165, 1.54) is 11.1 Å². The Labute approximate surface area is 145 Å². The molecule has 0 atom stereocenters. The van der Waals surface area contributed by atoms with Gasteiger partial charge in [0.05, 0.1) is 5.54 Å². The van der Waals surface area contributed by atoms with Crippen molar-refractivity contribution in [3.63, 3.8) is 0 Å². The first kappa shape index (κ1) is 16.3. The summed E-state index contributed by atoms with van der Waals surface area (Å²) < 4.78 is 0. The maximum absolute atomic E-state index is 3.87. The van der Waals surface area contributed by atoms with Gasteiger partial charge in [0, 0.05) is 5.69 Å². The van der Waals surface area contributed by atoms with Crippen molar-refractivity contribution in [3.05, 3.63) is 102 Å². The van der Waals surface area contributed by atoms with Gasteiger partial charge in [-0.25, -0.2) is 0 Å². The van der Waals surface area contributed by atoms with Crippen LogP contribution in [0.5, 0.6) is 0 Å². The summed E-state index contributed by atoms with van der Waals surface area (Å²) in [7, 11) is 0. The molecule has 0 amide bonds. The summed E-state index contributed by atoms with van der Waals surface area (Å²) in [6.45, 7) is 6.88. The highest BCUT2D eigenvalue weighted by molar-refractivity contribution is 5.54. The largest absolute Gasteiger partial charge is 0.371 e. The lowest BCUT2D eigenvalue weighted by Crippen LogP contribution is -2.48. The maximum Gasteiger partial charge on any atom is 0.0928 e. The van der Waals surface area contributed by atoms with Crippen LogP contribution in [0.15, 0.2) is 91.0 Å². The predicted molar refractivity (Wildman–Crippen MR) is 103 cm³/mol. The third-order valence-electron chi connectivity index (χ3n) is 4.64. The number of para-hydroxylation sites is 1. The number of hydrogen-bond acceptors (Lipinski definition) is 1. The molecule has 0 aliphatic rings. The van der Waals surface area contributed by atoms with E-state index < -0.39 is 0 Å². The first-order valence-corrected chi connectivity index (χ1v) is 8.48. The van der Waals surface area contributed by atoms with E-state index in [4.69, 9.17) is 0 Å². The molecule has 3 rings (SSSR count). The lowest BCUT2D eigenvalue weighted by Gasteiger charge is -2.47. The smallest absolute Gasteiger partial charge is 0.0928 e. The van der Waals surface area contributed by atoms with Crippen molar-refractivity contribution in [2.45, 2.75) is 26.3 Å². The molecule has 24 heavy (non-hydrogen) atoms. The summed E-state index contributed by atoms with van der Waals surface area (Å²) >= 11 is 0. The van der Waals surface area contributed by atoms with Crippen LogP contribution < -0.4 is 5.32 Å². The summed E-state index contributed by atoms with van der Waals surface area (Å²) in [6.07, 6.45) is 0. The lowest BCUT2D eigenvalue weighted by atomic mass is 9.65. The molecule has 0 saturated heterocycles. The Hall–Kier alpha value is -2.54. The highest BCUT2D eigenvalue weighted by atomic mass is 15.0. The third-order valence-corrected chi connectivity index (χ3v) is 4.64. The molecule has 3 aromatic carbocycles. The van der Waals surface area contributed by atoms with Gasteiger partial charge < -0.3 is 5.32 Å². The summed E-state index contributed by atoms with van der Waals surface area (Å²) in [4.78, 5) is 0. The molecule has 0 fully saturated rings. The van der Waals surface area contributed by atoms with Crippen LogP contribution in [0.4, 0.5) is 5.69 Å². The van der Waals surface area contributed by atoms with Crippen LogP contribution in [0.2, 0.25) is 0 Å². The minimum atomic E-state index is -0.323. The Bertz CT molecular complexity index is 716. The second-order valence-corrected chi connectivity index (χ2v) is 7.22. The van der Waals surface area contributed by atoms with E-state index >= 15 is 0 Å². The van der Waals surface area contributed by atoms with E-state index in [1.54, 1.807) is 0 Å². The van der Waals surface area contributed by atoms with Gasteiger partial charge in [-0.05, 0) is 28.7 Å². The zero-order chi connectivity index (χ0) is 17.0. The zero-order valence-corrected chi connectivity index (χ0v) is 14.7. The number of hydrogen-bond donors (Lipinski definition) is 1. The van der Waals surface area contributed by atoms with Crippen molar-refractivity contribution in [3.8, 4) is 0 Å². The monoisotopic (exact) mass is 315 g/mol. The fraction of sp³-hybridized carbons (Fsp3) is 0.217. The van der Waals surface area contributed by atoms with Gasteiger partial charge in [-0.1, -0.05) is 99.6 Å². The van der Waals surface area contributed by atoms with Gasteiger partial charge in [0.2, 0.25) is 0 Å². The van der Waals surface area contributed by atoms with Crippen LogP contribution in [0, 0.1) is 5.41 Å². The van der Waals surface area contributed by atoms with E-state index in [2.05, 4.69) is 117 Å². The summed E-state index contributed by atoms with van der Waals surface area (Å²) in [5.74, 6) is 0. The van der Waals surface area contributed by atoms with Crippen LogP contribution in [-0.4, -0.2) is 0 Å². The van der Waals surface area contributed by atoms with Crippen molar-refractivity contribution in [2.24, 2.45) is 5.41 Å². The minimum Gasteiger partial charge on any atom is -0.371 e. The van der Waals surface area contributed by atoms with Gasteiger partial charge >= 0.3 is 0 Å². The first-order valence-electron chi connectivity index (χ1n) is 8.48. The molecular weight excluding hydrogens is 290 g/mol. The van der Waals surface area contributed by atoms with E-state index in [0.29, 0.717) is 0 Å². The molecule has 0 bridgehead atoms. The molecule has 1 N–H and O–H groups in total. The highest BCUT2D eigenvalue weighted by Gasteiger charge is 2.44. The van der Waals surface area contributed by atoms with Crippen LogP contribution in [-0.2, 0) is 5.54 Å². The van der Waals surface area contributed by atoms with Crippen molar-refractivity contribution in [1.29, 1.82) is 0 Å². The molecule has 1 nitrogen and oxygen atoms in total. The van der Waals surface area contributed by atoms with Crippen molar-refractivity contribution < 1.29 is 0 Å². The molecule has 0 aliphatic heterocycles. The number of anilines is 1. The van der Waals surface area contributed by atoms with Gasteiger partial charge in [0.15, 0.2) is 0 Å². The molecule has 0 saturated carbocycles. The fourth-order valence-corrected chi connectivity index (χ4v) is 3.48. The summed E-state index contributed by atoms with van der Waals surface area (Å²) in [5.41, 5.74) is 3.31. The molecule has 0 heterocycles. The van der Waals surface area contributed by atoms with Crippen molar-refractivity contribution in [1.82, 2.24) is 0 Å². The second kappa shape index (κ2) is 6.52. The molecule has 3 aromatic rings. The Morgan fingerprint density at radius 2 is 0.917 bits per heavy atom. The second-order valence-electron chi connectivity index (χ2n) is 7.22. The SMILES string of the molecule is CC(C)(C)C(Nc1ccccc1)(c1ccccc1)c1ccccc1. The minimum absolute atomic E-state index is 0.0362. The molecular formula is C23H25N. The van der Waals surface area contributed by atoms with Crippen LogP contribution in [0.25, 0.3) is 0 Å². The summed E-state index contributed by atoms with van der Waals surface area (Å²) in [6, 6.07) is 31.9. The van der Waals surface area contributed by atoms with Crippen LogP contribution in [0.1, 0.15) is 31.9 Å². The Morgan fingerprint density at radius 1 is 0.542 bits per heavy atom. The quantitative estimate of drug-likeness (QED) is 0.614. The van der Waals surface area contributed by atoms with E-state index in [-0.39, 0.29) is 11.0 Å². The van der Waals surface area contributed by atoms with Crippen molar-refractivity contribution >= 4 is 5.69 Å². The van der Waals surface area contributed by atoms with Crippen molar-refractivity contribution in [2.75, 3.05) is 5.32 Å². The molecule has 122 valence electrons. The highest BCUT2D eigenvalue weighted by Crippen LogP contribution is 2.47. The standard InChI is InChI=1S/C23H25N/c1-22(2,3)23(19-13-7-4-8-14-19,20-15-9-5-10-16-20)24-21-17-11-6-12-18-21/h4-18,24H,1-3H3. The van der Waals surface area contributed by atoms with Gasteiger partial charge in [-0.15, -0.1) is 0 Å². The van der Waals surface area contributed by atoms with E-state index in [9.17, 15) is 0 Å². The Morgan fingerprint density at radius 3 is 1.29 bits per heavy atom. The predicted octanol–water partition coefficient (Wildman–Crippen LogP) is 6.09. The molecule has 0 aromatic heterocycles. The average Bonchev–Trinajstić information content (AvgIpc) is 2.61. The van der Waals surface area contributed by atoms with Gasteiger partial charge in [0.1, 0.15) is 0 Å². The van der Waals surface area contributed by atoms with Crippen LogP contribution in [0.3, 0.4) is 0 Å². The Kier molecular flexibility index (Phi) is 4.44. The normalized spacial score (nSPS) is 12.0. The summed E-state index contributed by atoms with van der Waals surface area (Å²) in [5, 5.41) is 3.87. The first-order chi connectivity index (χ1) is 11.5. The number of rotatable bonds is 4.